The number of carbonyl (C=O) groups is 1. The molecule has 0 aliphatic heterocycles. The lowest BCUT2D eigenvalue weighted by Gasteiger charge is -2.02. The second kappa shape index (κ2) is 7.72. The molecule has 0 saturated carbocycles. The Morgan fingerprint density at radius 1 is 1.14 bits per heavy atom. The van der Waals surface area contributed by atoms with E-state index in [-0.39, 0.29) is 5.91 Å². The Labute approximate surface area is 164 Å². The van der Waals surface area contributed by atoms with Gasteiger partial charge in [0, 0.05) is 23.7 Å². The van der Waals surface area contributed by atoms with Crippen molar-refractivity contribution in [2.24, 2.45) is 0 Å². The molecule has 0 spiro atoms. The van der Waals surface area contributed by atoms with Crippen molar-refractivity contribution in [3.8, 4) is 0 Å². The first-order valence-corrected chi connectivity index (χ1v) is 9.54. The van der Waals surface area contributed by atoms with Gasteiger partial charge in [-0.25, -0.2) is 0 Å². The highest BCUT2D eigenvalue weighted by molar-refractivity contribution is 6.06. The maximum absolute atomic E-state index is 12.7. The highest BCUT2D eigenvalue weighted by atomic mass is 16.3. The summed E-state index contributed by atoms with van der Waals surface area (Å²) in [6.45, 7) is 4.78. The molecule has 1 N–H and O–H groups in total. The highest BCUT2D eigenvalue weighted by Gasteiger charge is 2.18. The van der Waals surface area contributed by atoms with E-state index in [1.54, 1.807) is 6.20 Å². The fourth-order valence-electron chi connectivity index (χ4n) is 3.33. The maximum Gasteiger partial charge on any atom is 0.291 e. The van der Waals surface area contributed by atoms with Crippen molar-refractivity contribution in [3.05, 3.63) is 83.4 Å². The van der Waals surface area contributed by atoms with Crippen LogP contribution in [0.3, 0.4) is 0 Å². The molecule has 0 unspecified atom stereocenters. The van der Waals surface area contributed by atoms with E-state index in [2.05, 4.69) is 35.5 Å². The van der Waals surface area contributed by atoms with Crippen molar-refractivity contribution in [1.82, 2.24) is 9.78 Å². The number of aromatic nitrogens is 2. The van der Waals surface area contributed by atoms with E-state index < -0.39 is 0 Å². The van der Waals surface area contributed by atoms with Gasteiger partial charge in [0.2, 0.25) is 0 Å². The van der Waals surface area contributed by atoms with Gasteiger partial charge < -0.3 is 9.73 Å². The Kier molecular flexibility index (Phi) is 4.98. The lowest BCUT2D eigenvalue weighted by molar-refractivity contribution is 0.0998. The van der Waals surface area contributed by atoms with Crippen LogP contribution in [0.4, 0.5) is 5.69 Å². The number of amides is 1. The molecule has 0 saturated heterocycles. The first kappa shape index (κ1) is 18.0. The first-order chi connectivity index (χ1) is 13.6. The van der Waals surface area contributed by atoms with Crippen molar-refractivity contribution >= 4 is 22.6 Å². The zero-order valence-corrected chi connectivity index (χ0v) is 16.1. The number of hydrogen-bond acceptors (Lipinski definition) is 3. The Morgan fingerprint density at radius 2 is 1.96 bits per heavy atom. The standard InChI is InChI=1S/C23H23N3O2/c1-3-17-9-10-21-20(13-17)16(2)22(28-21)23(27)25-19-14-24-26(15-19)12-11-18-7-5-4-6-8-18/h4-10,13-15H,3,11-12H2,1-2H3,(H,25,27). The van der Waals surface area contributed by atoms with Gasteiger partial charge in [0.05, 0.1) is 11.9 Å². The van der Waals surface area contributed by atoms with E-state index >= 15 is 0 Å². The summed E-state index contributed by atoms with van der Waals surface area (Å²) >= 11 is 0. The van der Waals surface area contributed by atoms with Crippen molar-refractivity contribution in [2.75, 3.05) is 5.32 Å². The molecular weight excluding hydrogens is 350 g/mol. The van der Waals surface area contributed by atoms with Gasteiger partial charge >= 0.3 is 0 Å². The van der Waals surface area contributed by atoms with Crippen LogP contribution in [0.2, 0.25) is 0 Å². The summed E-state index contributed by atoms with van der Waals surface area (Å²) in [5.41, 5.74) is 4.74. The average Bonchev–Trinajstić information content (AvgIpc) is 3.31. The molecule has 4 rings (SSSR count). The molecule has 1 amide bonds. The van der Waals surface area contributed by atoms with Gasteiger partial charge in [0.15, 0.2) is 5.76 Å². The molecule has 0 fully saturated rings. The number of anilines is 1. The predicted molar refractivity (Wildman–Crippen MR) is 111 cm³/mol. The van der Waals surface area contributed by atoms with Gasteiger partial charge in [0.1, 0.15) is 5.58 Å². The smallest absolute Gasteiger partial charge is 0.291 e. The molecule has 0 radical (unpaired) electrons. The third-order valence-corrected chi connectivity index (χ3v) is 4.98. The molecule has 142 valence electrons. The van der Waals surface area contributed by atoms with Crippen molar-refractivity contribution in [2.45, 2.75) is 33.2 Å². The molecule has 0 atom stereocenters. The molecule has 2 heterocycles. The zero-order chi connectivity index (χ0) is 19.5. The summed E-state index contributed by atoms with van der Waals surface area (Å²) in [5.74, 6) is 0.0923. The average molecular weight is 373 g/mol. The van der Waals surface area contributed by atoms with E-state index in [9.17, 15) is 4.79 Å². The van der Waals surface area contributed by atoms with Gasteiger partial charge in [-0.2, -0.15) is 5.10 Å². The van der Waals surface area contributed by atoms with Gasteiger partial charge in [-0.05, 0) is 43.0 Å². The number of hydrogen-bond donors (Lipinski definition) is 1. The van der Waals surface area contributed by atoms with Gasteiger partial charge in [0.25, 0.3) is 5.91 Å². The Hall–Kier alpha value is -3.34. The molecule has 28 heavy (non-hydrogen) atoms. The summed E-state index contributed by atoms with van der Waals surface area (Å²) in [5, 5.41) is 8.22. The molecule has 0 aliphatic rings. The van der Waals surface area contributed by atoms with E-state index in [0.29, 0.717) is 11.4 Å². The molecular formula is C23H23N3O2. The molecule has 4 aromatic rings. The largest absolute Gasteiger partial charge is 0.451 e. The van der Waals surface area contributed by atoms with Crippen LogP contribution in [-0.4, -0.2) is 15.7 Å². The van der Waals surface area contributed by atoms with Crippen LogP contribution >= 0.6 is 0 Å². The van der Waals surface area contributed by atoms with Crippen molar-refractivity contribution in [1.29, 1.82) is 0 Å². The van der Waals surface area contributed by atoms with Crippen LogP contribution in [0.25, 0.3) is 11.0 Å². The second-order valence-electron chi connectivity index (χ2n) is 6.92. The topological polar surface area (TPSA) is 60.1 Å². The summed E-state index contributed by atoms with van der Waals surface area (Å²) in [4.78, 5) is 12.7. The van der Waals surface area contributed by atoms with Crippen molar-refractivity contribution < 1.29 is 9.21 Å². The van der Waals surface area contributed by atoms with E-state index in [4.69, 9.17) is 4.42 Å². The number of nitrogens with zero attached hydrogens (tertiary/aromatic N) is 2. The van der Waals surface area contributed by atoms with Crippen LogP contribution in [-0.2, 0) is 19.4 Å². The number of carbonyl (C=O) groups excluding carboxylic acids is 1. The maximum atomic E-state index is 12.7. The third kappa shape index (κ3) is 3.69. The Morgan fingerprint density at radius 3 is 2.75 bits per heavy atom. The monoisotopic (exact) mass is 373 g/mol. The normalized spacial score (nSPS) is 11.1. The van der Waals surface area contributed by atoms with Crippen LogP contribution < -0.4 is 5.32 Å². The van der Waals surface area contributed by atoms with Crippen LogP contribution in [0.1, 0.15) is 34.2 Å². The number of aryl methyl sites for hydroxylation is 4. The second-order valence-corrected chi connectivity index (χ2v) is 6.92. The van der Waals surface area contributed by atoms with E-state index in [1.807, 2.05) is 48.1 Å². The number of furan rings is 1. The third-order valence-electron chi connectivity index (χ3n) is 4.98. The fourth-order valence-corrected chi connectivity index (χ4v) is 3.33. The minimum Gasteiger partial charge on any atom is -0.451 e. The zero-order valence-electron chi connectivity index (χ0n) is 16.1. The molecule has 5 heteroatoms. The predicted octanol–water partition coefficient (Wildman–Crippen LogP) is 5.00. The van der Waals surface area contributed by atoms with Gasteiger partial charge in [-0.1, -0.05) is 43.3 Å². The van der Waals surface area contributed by atoms with Gasteiger partial charge in [-0.3, -0.25) is 9.48 Å². The van der Waals surface area contributed by atoms with Crippen LogP contribution in [0, 0.1) is 6.92 Å². The summed E-state index contributed by atoms with van der Waals surface area (Å²) < 4.78 is 7.64. The highest BCUT2D eigenvalue weighted by Crippen LogP contribution is 2.27. The number of benzene rings is 2. The first-order valence-electron chi connectivity index (χ1n) is 9.54. The lowest BCUT2D eigenvalue weighted by atomic mass is 10.1. The Balaban J connectivity index is 1.46. The van der Waals surface area contributed by atoms with Crippen molar-refractivity contribution in [3.63, 3.8) is 0 Å². The molecule has 2 aromatic heterocycles. The summed E-state index contributed by atoms with van der Waals surface area (Å²) in [7, 11) is 0. The van der Waals surface area contributed by atoms with Crippen LogP contribution in [0.5, 0.6) is 0 Å². The number of rotatable bonds is 6. The lowest BCUT2D eigenvalue weighted by Crippen LogP contribution is -2.11. The van der Waals surface area contributed by atoms with Crippen LogP contribution in [0.15, 0.2) is 65.3 Å². The van der Waals surface area contributed by atoms with Gasteiger partial charge in [-0.15, -0.1) is 0 Å². The van der Waals surface area contributed by atoms with E-state index in [1.165, 1.54) is 11.1 Å². The SMILES string of the molecule is CCc1ccc2oc(C(=O)Nc3cnn(CCc4ccccc4)c3)c(C)c2c1. The summed E-state index contributed by atoms with van der Waals surface area (Å²) in [6, 6.07) is 16.3. The minimum atomic E-state index is -0.255. The fraction of sp³-hybridized carbons (Fsp3) is 0.217. The molecule has 0 aliphatic carbocycles. The molecule has 0 bridgehead atoms. The van der Waals surface area contributed by atoms with E-state index in [0.717, 1.165) is 35.9 Å². The minimum absolute atomic E-state index is 0.255. The number of nitrogens with one attached hydrogen (secondary N) is 1. The molecule has 2 aromatic carbocycles. The quantitative estimate of drug-likeness (QED) is 0.518. The Bertz CT molecular complexity index is 1110. The summed E-state index contributed by atoms with van der Waals surface area (Å²) in [6.07, 6.45) is 5.34. The number of fused-ring (bicyclic) bond motifs is 1. The molecule has 5 nitrogen and oxygen atoms in total.